The predicted molar refractivity (Wildman–Crippen MR) is 67.9 cm³/mol. The SMILES string of the molecule is NCc1ccc(O[C@H]2CN3CCC2CC3)cc1. The molecule has 0 aromatic heterocycles. The maximum atomic E-state index is 6.11. The Labute approximate surface area is 103 Å². The molecule has 0 spiro atoms. The topological polar surface area (TPSA) is 38.5 Å². The van der Waals surface area contributed by atoms with E-state index in [-0.39, 0.29) is 0 Å². The summed E-state index contributed by atoms with van der Waals surface area (Å²) in [5.74, 6) is 1.75. The fourth-order valence-electron chi connectivity index (χ4n) is 2.92. The van der Waals surface area contributed by atoms with E-state index in [1.54, 1.807) is 0 Å². The van der Waals surface area contributed by atoms with E-state index in [9.17, 15) is 0 Å². The zero-order valence-electron chi connectivity index (χ0n) is 10.1. The van der Waals surface area contributed by atoms with Gasteiger partial charge in [-0.15, -0.1) is 0 Å². The average Bonchev–Trinajstić information content (AvgIpc) is 2.41. The Kier molecular flexibility index (Phi) is 3.04. The summed E-state index contributed by atoms with van der Waals surface area (Å²) in [6.45, 7) is 4.22. The van der Waals surface area contributed by atoms with E-state index >= 15 is 0 Å². The molecule has 92 valence electrons. The second-order valence-corrected chi connectivity index (χ2v) is 5.14. The van der Waals surface area contributed by atoms with Gasteiger partial charge < -0.3 is 10.5 Å². The van der Waals surface area contributed by atoms with E-state index in [1.165, 1.54) is 25.9 Å². The summed E-state index contributed by atoms with van der Waals surface area (Å²) in [5, 5.41) is 0. The molecule has 3 aliphatic heterocycles. The molecule has 3 heteroatoms. The third-order valence-corrected chi connectivity index (χ3v) is 4.04. The maximum Gasteiger partial charge on any atom is 0.119 e. The molecule has 1 aromatic carbocycles. The van der Waals surface area contributed by atoms with E-state index in [0.717, 1.165) is 23.8 Å². The third-order valence-electron chi connectivity index (χ3n) is 4.04. The normalized spacial score (nSPS) is 31.5. The molecule has 4 rings (SSSR count). The molecule has 2 bridgehead atoms. The predicted octanol–water partition coefficient (Wildman–Crippen LogP) is 1.62. The van der Waals surface area contributed by atoms with Crippen molar-refractivity contribution in [3.63, 3.8) is 0 Å². The number of fused-ring (bicyclic) bond motifs is 3. The lowest BCUT2D eigenvalue weighted by Crippen LogP contribution is -2.52. The first-order valence-electron chi connectivity index (χ1n) is 6.53. The molecular weight excluding hydrogens is 212 g/mol. The average molecular weight is 232 g/mol. The Hall–Kier alpha value is -1.06. The van der Waals surface area contributed by atoms with Gasteiger partial charge in [-0.1, -0.05) is 12.1 Å². The van der Waals surface area contributed by atoms with Crippen molar-refractivity contribution in [3.05, 3.63) is 29.8 Å². The van der Waals surface area contributed by atoms with Crippen LogP contribution in [0.3, 0.4) is 0 Å². The van der Waals surface area contributed by atoms with Crippen molar-refractivity contribution in [2.45, 2.75) is 25.5 Å². The Morgan fingerprint density at radius 2 is 1.88 bits per heavy atom. The van der Waals surface area contributed by atoms with Gasteiger partial charge in [-0.25, -0.2) is 0 Å². The molecule has 3 aliphatic rings. The first-order valence-corrected chi connectivity index (χ1v) is 6.53. The van der Waals surface area contributed by atoms with Crippen LogP contribution in [0.2, 0.25) is 0 Å². The monoisotopic (exact) mass is 232 g/mol. The number of piperidine rings is 3. The van der Waals surface area contributed by atoms with E-state index in [2.05, 4.69) is 17.0 Å². The Bertz CT molecular complexity index is 368. The highest BCUT2D eigenvalue weighted by atomic mass is 16.5. The molecule has 2 N–H and O–H groups in total. The van der Waals surface area contributed by atoms with Crippen LogP contribution in [0.1, 0.15) is 18.4 Å². The first kappa shape index (κ1) is 11.1. The van der Waals surface area contributed by atoms with Gasteiger partial charge in [0.2, 0.25) is 0 Å². The molecule has 0 unspecified atom stereocenters. The van der Waals surface area contributed by atoms with E-state index in [1.807, 2.05) is 12.1 Å². The van der Waals surface area contributed by atoms with Crippen LogP contribution in [0.15, 0.2) is 24.3 Å². The fraction of sp³-hybridized carbons (Fsp3) is 0.571. The molecule has 1 aromatic rings. The quantitative estimate of drug-likeness (QED) is 0.860. The molecule has 17 heavy (non-hydrogen) atoms. The lowest BCUT2D eigenvalue weighted by atomic mass is 9.86. The Morgan fingerprint density at radius 1 is 1.18 bits per heavy atom. The molecule has 3 nitrogen and oxygen atoms in total. The van der Waals surface area contributed by atoms with Crippen LogP contribution in [0.25, 0.3) is 0 Å². The summed E-state index contributed by atoms with van der Waals surface area (Å²) >= 11 is 0. The highest BCUT2D eigenvalue weighted by Crippen LogP contribution is 2.30. The number of nitrogens with zero attached hydrogens (tertiary/aromatic N) is 1. The molecule has 0 amide bonds. The number of nitrogens with two attached hydrogens (primary N) is 1. The van der Waals surface area contributed by atoms with Gasteiger partial charge in [0.05, 0.1) is 0 Å². The van der Waals surface area contributed by atoms with Crippen molar-refractivity contribution in [1.82, 2.24) is 4.90 Å². The number of hydrogen-bond donors (Lipinski definition) is 1. The number of rotatable bonds is 3. The minimum Gasteiger partial charge on any atom is -0.489 e. The second-order valence-electron chi connectivity index (χ2n) is 5.14. The number of benzene rings is 1. The highest BCUT2D eigenvalue weighted by Gasteiger charge is 2.35. The molecule has 1 atom stereocenters. The molecule has 3 heterocycles. The summed E-state index contributed by atoms with van der Waals surface area (Å²) in [6.07, 6.45) is 2.98. The molecular formula is C14H20N2O. The molecule has 3 fully saturated rings. The summed E-state index contributed by atoms with van der Waals surface area (Å²) in [4.78, 5) is 2.51. The Morgan fingerprint density at radius 3 is 2.41 bits per heavy atom. The Balaban J connectivity index is 1.66. The van der Waals surface area contributed by atoms with Crippen molar-refractivity contribution in [2.75, 3.05) is 19.6 Å². The van der Waals surface area contributed by atoms with Crippen LogP contribution in [0.4, 0.5) is 0 Å². The van der Waals surface area contributed by atoms with Crippen LogP contribution < -0.4 is 10.5 Å². The van der Waals surface area contributed by atoms with Gasteiger partial charge >= 0.3 is 0 Å². The minimum absolute atomic E-state index is 0.390. The van der Waals surface area contributed by atoms with Crippen LogP contribution >= 0.6 is 0 Å². The second kappa shape index (κ2) is 4.67. The van der Waals surface area contributed by atoms with Gasteiger partial charge in [0, 0.05) is 13.1 Å². The smallest absolute Gasteiger partial charge is 0.119 e. The minimum atomic E-state index is 0.390. The molecule has 0 saturated carbocycles. The van der Waals surface area contributed by atoms with Gasteiger partial charge in [-0.3, -0.25) is 4.90 Å². The van der Waals surface area contributed by atoms with Crippen molar-refractivity contribution in [1.29, 1.82) is 0 Å². The van der Waals surface area contributed by atoms with E-state index < -0.39 is 0 Å². The van der Waals surface area contributed by atoms with E-state index in [4.69, 9.17) is 10.5 Å². The van der Waals surface area contributed by atoms with Crippen molar-refractivity contribution in [3.8, 4) is 5.75 Å². The number of hydrogen-bond acceptors (Lipinski definition) is 3. The standard InChI is InChI=1S/C14H20N2O/c15-9-11-1-3-13(4-2-11)17-14-10-16-7-5-12(14)6-8-16/h1-4,12,14H,5-10,15H2/t14-/m0/s1. The van der Waals surface area contributed by atoms with Gasteiger partial charge in [0.25, 0.3) is 0 Å². The summed E-state index contributed by atoms with van der Waals surface area (Å²) in [5.41, 5.74) is 6.74. The van der Waals surface area contributed by atoms with Gasteiger partial charge in [-0.2, -0.15) is 0 Å². The first-order chi connectivity index (χ1) is 8.35. The molecule has 0 radical (unpaired) electrons. The summed E-state index contributed by atoms with van der Waals surface area (Å²) in [7, 11) is 0. The maximum absolute atomic E-state index is 6.11. The van der Waals surface area contributed by atoms with E-state index in [0.29, 0.717) is 12.6 Å². The molecule has 3 saturated heterocycles. The largest absolute Gasteiger partial charge is 0.489 e. The highest BCUT2D eigenvalue weighted by molar-refractivity contribution is 5.27. The van der Waals surface area contributed by atoms with Crippen LogP contribution in [-0.4, -0.2) is 30.6 Å². The zero-order valence-corrected chi connectivity index (χ0v) is 10.1. The lowest BCUT2D eigenvalue weighted by molar-refractivity contribution is -0.00776. The fourth-order valence-corrected chi connectivity index (χ4v) is 2.92. The summed E-state index contributed by atoms with van der Waals surface area (Å²) in [6, 6.07) is 8.19. The number of ether oxygens (including phenoxy) is 1. The lowest BCUT2D eigenvalue weighted by Gasteiger charge is -2.44. The van der Waals surface area contributed by atoms with Crippen molar-refractivity contribution >= 4 is 0 Å². The van der Waals surface area contributed by atoms with Crippen LogP contribution in [0.5, 0.6) is 5.75 Å². The van der Waals surface area contributed by atoms with Crippen LogP contribution in [-0.2, 0) is 6.54 Å². The molecule has 0 aliphatic carbocycles. The van der Waals surface area contributed by atoms with Gasteiger partial charge in [0.1, 0.15) is 11.9 Å². The zero-order chi connectivity index (χ0) is 11.7. The van der Waals surface area contributed by atoms with Crippen LogP contribution in [0, 0.1) is 5.92 Å². The summed E-state index contributed by atoms with van der Waals surface area (Å²) < 4.78 is 6.11. The third kappa shape index (κ3) is 2.31. The van der Waals surface area contributed by atoms with Gasteiger partial charge in [-0.05, 0) is 49.5 Å². The van der Waals surface area contributed by atoms with Crippen molar-refractivity contribution < 1.29 is 4.74 Å². The van der Waals surface area contributed by atoms with Crippen molar-refractivity contribution in [2.24, 2.45) is 11.7 Å². The van der Waals surface area contributed by atoms with Gasteiger partial charge in [0.15, 0.2) is 0 Å².